The van der Waals surface area contributed by atoms with Crippen molar-refractivity contribution in [1.82, 2.24) is 20.7 Å². The molecule has 1 heterocycles. The number of hydrogen-bond donors (Lipinski definition) is 3. The third-order valence-corrected chi connectivity index (χ3v) is 1.29. The molecular weight excluding hydrogens is 152 g/mol. The van der Waals surface area contributed by atoms with Crippen molar-refractivity contribution in [3.8, 4) is 0 Å². The molecule has 0 saturated heterocycles. The van der Waals surface area contributed by atoms with E-state index in [1.165, 1.54) is 7.05 Å². The van der Waals surface area contributed by atoms with Crippen LogP contribution < -0.4 is 5.32 Å². The predicted molar refractivity (Wildman–Crippen MR) is 37.2 cm³/mol. The minimum atomic E-state index is -0.289. The molecule has 0 atom stereocenters. The molecule has 1 amide bonds. The van der Waals surface area contributed by atoms with Crippen molar-refractivity contribution in [2.75, 3.05) is 7.05 Å². The van der Waals surface area contributed by atoms with Crippen molar-refractivity contribution in [3.63, 3.8) is 0 Å². The lowest BCUT2D eigenvalue weighted by molar-refractivity contribution is 0.0957. The van der Waals surface area contributed by atoms with Crippen LogP contribution in [0, 0.1) is 4.64 Å². The summed E-state index contributed by atoms with van der Waals surface area (Å²) >= 11 is 4.72. The first-order valence-corrected chi connectivity index (χ1v) is 3.01. The summed E-state index contributed by atoms with van der Waals surface area (Å²) in [5, 5.41) is 10.9. The van der Waals surface area contributed by atoms with Gasteiger partial charge >= 0.3 is 0 Å². The van der Waals surface area contributed by atoms with Gasteiger partial charge in [0.15, 0.2) is 10.3 Å². The van der Waals surface area contributed by atoms with E-state index in [9.17, 15) is 4.79 Å². The maximum absolute atomic E-state index is 10.8. The van der Waals surface area contributed by atoms with E-state index in [2.05, 4.69) is 20.7 Å². The van der Waals surface area contributed by atoms with Crippen LogP contribution in [-0.4, -0.2) is 28.4 Å². The third kappa shape index (κ3) is 1.06. The van der Waals surface area contributed by atoms with E-state index < -0.39 is 0 Å². The van der Waals surface area contributed by atoms with Crippen molar-refractivity contribution < 1.29 is 4.79 Å². The summed E-state index contributed by atoms with van der Waals surface area (Å²) in [6.07, 6.45) is 0. The van der Waals surface area contributed by atoms with Gasteiger partial charge in [-0.3, -0.25) is 9.89 Å². The van der Waals surface area contributed by atoms with Gasteiger partial charge in [-0.1, -0.05) is 12.2 Å². The Morgan fingerprint density at radius 2 is 2.50 bits per heavy atom. The average Bonchev–Trinajstić information content (AvgIpc) is 2.34. The lowest BCUT2D eigenvalue weighted by Crippen LogP contribution is -2.18. The molecule has 1 aromatic heterocycles. The minimum Gasteiger partial charge on any atom is -0.354 e. The van der Waals surface area contributed by atoms with Gasteiger partial charge in [0.25, 0.3) is 5.91 Å². The van der Waals surface area contributed by atoms with Crippen LogP contribution in [0.15, 0.2) is 0 Å². The Hall–Kier alpha value is -1.17. The van der Waals surface area contributed by atoms with Crippen molar-refractivity contribution in [3.05, 3.63) is 10.3 Å². The number of nitrogens with zero attached hydrogens (tertiary/aromatic N) is 1. The van der Waals surface area contributed by atoms with Crippen LogP contribution in [0.5, 0.6) is 0 Å². The molecule has 0 bridgehead atoms. The zero-order chi connectivity index (χ0) is 7.56. The van der Waals surface area contributed by atoms with Gasteiger partial charge in [0, 0.05) is 7.05 Å². The largest absolute Gasteiger partial charge is 0.354 e. The fourth-order valence-corrected chi connectivity index (χ4v) is 0.701. The fourth-order valence-electron chi connectivity index (χ4n) is 0.517. The molecule has 10 heavy (non-hydrogen) atoms. The Morgan fingerprint density at radius 3 is 2.90 bits per heavy atom. The summed E-state index contributed by atoms with van der Waals surface area (Å²) in [6.45, 7) is 0. The summed E-state index contributed by atoms with van der Waals surface area (Å²) in [7, 11) is 1.52. The number of carbonyl (C=O) groups excluding carboxylic acids is 1. The summed E-state index contributed by atoms with van der Waals surface area (Å²) in [6, 6.07) is 0. The molecule has 0 saturated carbocycles. The first-order valence-electron chi connectivity index (χ1n) is 2.61. The first-order chi connectivity index (χ1) is 4.75. The van der Waals surface area contributed by atoms with Gasteiger partial charge in [0.05, 0.1) is 0 Å². The Labute approximate surface area is 61.8 Å². The van der Waals surface area contributed by atoms with Gasteiger partial charge in [-0.2, -0.15) is 5.10 Å². The van der Waals surface area contributed by atoms with Crippen LogP contribution in [0.2, 0.25) is 0 Å². The number of H-pyrrole nitrogens is 2. The average molecular weight is 158 g/mol. The number of hydrogen-bond acceptors (Lipinski definition) is 3. The van der Waals surface area contributed by atoms with Crippen molar-refractivity contribution in [1.29, 1.82) is 0 Å². The SMILES string of the molecule is CNC(=O)c1n[nH][nH]c1=S. The molecule has 0 radical (unpaired) electrons. The van der Waals surface area contributed by atoms with Crippen molar-refractivity contribution in [2.24, 2.45) is 0 Å². The summed E-state index contributed by atoms with van der Waals surface area (Å²) in [5.74, 6) is -0.289. The number of amides is 1. The van der Waals surface area contributed by atoms with Gasteiger partial charge in [-0.15, -0.1) is 0 Å². The monoisotopic (exact) mass is 158 g/mol. The van der Waals surface area contributed by atoms with Gasteiger partial charge in [-0.25, -0.2) is 5.21 Å². The van der Waals surface area contributed by atoms with Gasteiger partial charge < -0.3 is 5.32 Å². The van der Waals surface area contributed by atoms with Gasteiger partial charge in [-0.05, 0) is 0 Å². The van der Waals surface area contributed by atoms with E-state index in [0.717, 1.165) is 0 Å². The van der Waals surface area contributed by atoms with E-state index in [4.69, 9.17) is 12.2 Å². The van der Waals surface area contributed by atoms with Crippen LogP contribution in [0.4, 0.5) is 0 Å². The lowest BCUT2D eigenvalue weighted by atomic mass is 10.4. The van der Waals surface area contributed by atoms with Crippen molar-refractivity contribution >= 4 is 18.1 Å². The Bertz CT molecular complexity index is 287. The lowest BCUT2D eigenvalue weighted by Gasteiger charge is -1.88. The first kappa shape index (κ1) is 6.94. The molecule has 0 fully saturated rings. The number of aromatic amines is 2. The second-order valence-corrected chi connectivity index (χ2v) is 2.01. The van der Waals surface area contributed by atoms with E-state index in [1.54, 1.807) is 0 Å². The van der Waals surface area contributed by atoms with Crippen LogP contribution in [0.25, 0.3) is 0 Å². The standard InChI is InChI=1S/C4H6N4OS/c1-5-3(9)2-4(10)7-8-6-2/h1H3,(H,5,9)(H2,6,7,8,10). The molecular formula is C4H6N4OS. The molecule has 5 nitrogen and oxygen atoms in total. The highest BCUT2D eigenvalue weighted by molar-refractivity contribution is 7.71. The molecule has 0 spiro atoms. The van der Waals surface area contributed by atoms with E-state index in [1.807, 2.05) is 0 Å². The molecule has 0 aromatic carbocycles. The number of nitrogens with one attached hydrogen (secondary N) is 3. The summed E-state index contributed by atoms with van der Waals surface area (Å²) in [4.78, 5) is 10.8. The van der Waals surface area contributed by atoms with E-state index in [0.29, 0.717) is 4.64 Å². The normalized spacial score (nSPS) is 9.30. The highest BCUT2D eigenvalue weighted by Crippen LogP contribution is 1.91. The molecule has 1 aromatic rings. The second-order valence-electron chi connectivity index (χ2n) is 1.61. The number of aromatic nitrogens is 3. The highest BCUT2D eigenvalue weighted by atomic mass is 32.1. The molecule has 54 valence electrons. The highest BCUT2D eigenvalue weighted by Gasteiger charge is 2.06. The number of rotatable bonds is 1. The minimum absolute atomic E-state index is 0.220. The second kappa shape index (κ2) is 2.61. The third-order valence-electron chi connectivity index (χ3n) is 0.994. The predicted octanol–water partition coefficient (Wildman–Crippen LogP) is -0.173. The zero-order valence-corrected chi connectivity index (χ0v) is 6.08. The molecule has 0 aliphatic rings. The summed E-state index contributed by atoms with van der Waals surface area (Å²) < 4.78 is 0.319. The molecule has 0 aliphatic carbocycles. The maximum atomic E-state index is 10.8. The molecule has 1 rings (SSSR count). The zero-order valence-electron chi connectivity index (χ0n) is 5.26. The van der Waals surface area contributed by atoms with Crippen LogP contribution in [0.3, 0.4) is 0 Å². The number of carbonyl (C=O) groups is 1. The van der Waals surface area contributed by atoms with E-state index in [-0.39, 0.29) is 11.6 Å². The van der Waals surface area contributed by atoms with Crippen LogP contribution >= 0.6 is 12.2 Å². The summed E-state index contributed by atoms with van der Waals surface area (Å²) in [5.41, 5.74) is 0.220. The maximum Gasteiger partial charge on any atom is 0.274 e. The molecule has 0 unspecified atom stereocenters. The van der Waals surface area contributed by atoms with Crippen LogP contribution in [0.1, 0.15) is 10.5 Å². The van der Waals surface area contributed by atoms with E-state index >= 15 is 0 Å². The van der Waals surface area contributed by atoms with Gasteiger partial charge in [0.2, 0.25) is 0 Å². The van der Waals surface area contributed by atoms with Gasteiger partial charge in [0.1, 0.15) is 0 Å². The van der Waals surface area contributed by atoms with Crippen LogP contribution in [-0.2, 0) is 0 Å². The smallest absolute Gasteiger partial charge is 0.274 e. The van der Waals surface area contributed by atoms with Crippen molar-refractivity contribution in [2.45, 2.75) is 0 Å². The molecule has 0 aliphatic heterocycles. The molecule has 6 heteroatoms. The Kier molecular flexibility index (Phi) is 1.81. The molecule has 3 N–H and O–H groups in total. The topological polar surface area (TPSA) is 73.6 Å². The fraction of sp³-hybridized carbons (Fsp3) is 0.250. The Morgan fingerprint density at radius 1 is 1.80 bits per heavy atom. The Balaban J connectivity index is 3.05. The quantitative estimate of drug-likeness (QED) is 0.497.